The fourth-order valence-corrected chi connectivity index (χ4v) is 3.44. The number of rotatable bonds is 5. The van der Waals surface area contributed by atoms with E-state index in [2.05, 4.69) is 10.7 Å². The standard InChI is InChI=1S/C19H25N5O5/c1-13(25)23-10-8-22(9-11-23)12-16(26)21-24-17(27)19(2,20-18(24)28)14-4-6-15(29-3)7-5-14/h4-7H,8-12H2,1-3H3,(H,20,28)(H,21,26)/t19-/m1/s1. The fourth-order valence-electron chi connectivity index (χ4n) is 3.44. The molecule has 2 fully saturated rings. The Morgan fingerprint density at radius 2 is 1.76 bits per heavy atom. The van der Waals surface area contributed by atoms with E-state index in [9.17, 15) is 19.2 Å². The SMILES string of the molecule is COc1ccc([C@@]2(C)NC(=O)N(NC(=O)CN3CCN(C(C)=O)CC3)C2=O)cc1. The average molecular weight is 403 g/mol. The lowest BCUT2D eigenvalue weighted by Crippen LogP contribution is -2.54. The largest absolute Gasteiger partial charge is 0.497 e. The number of methoxy groups -OCH3 is 1. The van der Waals surface area contributed by atoms with Gasteiger partial charge >= 0.3 is 6.03 Å². The highest BCUT2D eigenvalue weighted by Crippen LogP contribution is 2.29. The number of nitrogens with one attached hydrogen (secondary N) is 2. The highest BCUT2D eigenvalue weighted by Gasteiger charge is 2.50. The molecule has 10 nitrogen and oxygen atoms in total. The predicted molar refractivity (Wildman–Crippen MR) is 103 cm³/mol. The quantitative estimate of drug-likeness (QED) is 0.651. The number of ether oxygens (including phenoxy) is 1. The minimum absolute atomic E-state index is 0.00579. The Morgan fingerprint density at radius 3 is 2.31 bits per heavy atom. The zero-order chi connectivity index (χ0) is 21.2. The van der Waals surface area contributed by atoms with Crippen LogP contribution in [0.1, 0.15) is 19.4 Å². The van der Waals surface area contributed by atoms with E-state index < -0.39 is 23.4 Å². The van der Waals surface area contributed by atoms with Crippen LogP contribution in [0.3, 0.4) is 0 Å². The summed E-state index contributed by atoms with van der Waals surface area (Å²) in [5, 5.41) is 3.36. The van der Waals surface area contributed by atoms with Crippen LogP contribution in [0.2, 0.25) is 0 Å². The Morgan fingerprint density at radius 1 is 1.14 bits per heavy atom. The van der Waals surface area contributed by atoms with Crippen LogP contribution in [-0.2, 0) is 19.9 Å². The maximum absolute atomic E-state index is 12.9. The number of hydrogen-bond acceptors (Lipinski definition) is 6. The third-order valence-corrected chi connectivity index (χ3v) is 5.28. The average Bonchev–Trinajstić information content (AvgIpc) is 2.92. The number of urea groups is 1. The van der Waals surface area contributed by atoms with Crippen molar-refractivity contribution in [2.45, 2.75) is 19.4 Å². The van der Waals surface area contributed by atoms with Crippen LogP contribution in [0.25, 0.3) is 0 Å². The summed E-state index contributed by atoms with van der Waals surface area (Å²) in [5.41, 5.74) is 1.68. The van der Waals surface area contributed by atoms with E-state index in [0.29, 0.717) is 37.5 Å². The van der Waals surface area contributed by atoms with Gasteiger partial charge in [0, 0.05) is 33.1 Å². The monoisotopic (exact) mass is 403 g/mol. The number of carbonyl (C=O) groups excluding carboxylic acids is 4. The van der Waals surface area contributed by atoms with Crippen molar-refractivity contribution >= 4 is 23.8 Å². The molecule has 2 N–H and O–H groups in total. The first-order valence-electron chi connectivity index (χ1n) is 9.33. The van der Waals surface area contributed by atoms with Crippen LogP contribution in [0.5, 0.6) is 5.75 Å². The maximum atomic E-state index is 12.9. The molecule has 1 aromatic rings. The molecular weight excluding hydrogens is 378 g/mol. The Bertz CT molecular complexity index is 819. The number of piperazine rings is 1. The summed E-state index contributed by atoms with van der Waals surface area (Å²) in [4.78, 5) is 52.6. The molecule has 156 valence electrons. The Hall–Kier alpha value is -3.14. The van der Waals surface area contributed by atoms with E-state index in [1.165, 1.54) is 14.0 Å². The smallest absolute Gasteiger partial charge is 0.344 e. The molecule has 10 heteroatoms. The van der Waals surface area contributed by atoms with Gasteiger partial charge in [0.1, 0.15) is 11.3 Å². The molecule has 0 aliphatic carbocycles. The summed E-state index contributed by atoms with van der Waals surface area (Å²) in [6.07, 6.45) is 0. The van der Waals surface area contributed by atoms with Crippen molar-refractivity contribution in [1.82, 2.24) is 25.6 Å². The van der Waals surface area contributed by atoms with E-state index in [1.807, 2.05) is 4.90 Å². The molecule has 3 rings (SSSR count). The molecule has 2 aliphatic heterocycles. The molecule has 0 aromatic heterocycles. The third-order valence-electron chi connectivity index (χ3n) is 5.28. The highest BCUT2D eigenvalue weighted by atomic mass is 16.5. The molecule has 1 atom stereocenters. The van der Waals surface area contributed by atoms with E-state index in [4.69, 9.17) is 4.74 Å². The van der Waals surface area contributed by atoms with Gasteiger partial charge in [-0.25, -0.2) is 4.79 Å². The highest BCUT2D eigenvalue weighted by molar-refractivity contribution is 6.08. The molecule has 2 saturated heterocycles. The molecule has 29 heavy (non-hydrogen) atoms. The number of nitrogens with zero attached hydrogens (tertiary/aromatic N) is 3. The molecule has 0 spiro atoms. The lowest BCUT2D eigenvalue weighted by molar-refractivity contribution is -0.139. The van der Waals surface area contributed by atoms with Crippen LogP contribution in [0.4, 0.5) is 4.79 Å². The summed E-state index contributed by atoms with van der Waals surface area (Å²) in [6.45, 7) is 5.32. The molecular formula is C19H25N5O5. The van der Waals surface area contributed by atoms with Gasteiger partial charge in [-0.3, -0.25) is 24.7 Å². The number of carbonyl (C=O) groups is 4. The van der Waals surface area contributed by atoms with Crippen LogP contribution < -0.4 is 15.5 Å². The number of hydrogen-bond donors (Lipinski definition) is 2. The first-order chi connectivity index (χ1) is 13.7. The van der Waals surface area contributed by atoms with Crippen molar-refractivity contribution < 1.29 is 23.9 Å². The molecule has 5 amide bonds. The summed E-state index contributed by atoms with van der Waals surface area (Å²) < 4.78 is 5.11. The van der Waals surface area contributed by atoms with E-state index in [-0.39, 0.29) is 12.5 Å². The second kappa shape index (κ2) is 8.08. The van der Waals surface area contributed by atoms with Gasteiger partial charge in [-0.15, -0.1) is 0 Å². The third kappa shape index (κ3) is 4.16. The van der Waals surface area contributed by atoms with Crippen LogP contribution in [0, 0.1) is 0 Å². The number of imide groups is 1. The second-order valence-corrected chi connectivity index (χ2v) is 7.24. The number of benzene rings is 1. The summed E-state index contributed by atoms with van der Waals surface area (Å²) in [5.74, 6) is -0.401. The van der Waals surface area contributed by atoms with E-state index in [1.54, 1.807) is 36.1 Å². The Labute approximate surface area is 168 Å². The van der Waals surface area contributed by atoms with Gasteiger partial charge in [0.05, 0.1) is 13.7 Å². The van der Waals surface area contributed by atoms with Gasteiger partial charge in [0.15, 0.2) is 0 Å². The van der Waals surface area contributed by atoms with Gasteiger partial charge in [-0.2, -0.15) is 5.01 Å². The van der Waals surface area contributed by atoms with Gasteiger partial charge < -0.3 is 15.0 Å². The molecule has 2 heterocycles. The zero-order valence-corrected chi connectivity index (χ0v) is 16.7. The van der Waals surface area contributed by atoms with Crippen molar-refractivity contribution in [1.29, 1.82) is 0 Å². The number of hydrazine groups is 1. The molecule has 0 saturated carbocycles. The minimum Gasteiger partial charge on any atom is -0.497 e. The normalized spacial score (nSPS) is 22.4. The van der Waals surface area contributed by atoms with Crippen LogP contribution in [-0.4, -0.2) is 78.4 Å². The van der Waals surface area contributed by atoms with Crippen LogP contribution >= 0.6 is 0 Å². The van der Waals surface area contributed by atoms with Crippen molar-refractivity contribution in [3.8, 4) is 5.75 Å². The lowest BCUT2D eigenvalue weighted by atomic mass is 9.92. The zero-order valence-electron chi connectivity index (χ0n) is 16.7. The van der Waals surface area contributed by atoms with E-state index in [0.717, 1.165) is 5.01 Å². The first kappa shape index (κ1) is 20.6. The minimum atomic E-state index is -1.29. The fraction of sp³-hybridized carbons (Fsp3) is 0.474. The molecule has 2 aliphatic rings. The summed E-state index contributed by atoms with van der Waals surface area (Å²) in [7, 11) is 1.54. The predicted octanol–water partition coefficient (Wildman–Crippen LogP) is -0.342. The van der Waals surface area contributed by atoms with Gasteiger partial charge in [0.2, 0.25) is 5.91 Å². The molecule has 0 radical (unpaired) electrons. The van der Waals surface area contributed by atoms with Gasteiger partial charge in [-0.1, -0.05) is 12.1 Å². The molecule has 0 unspecified atom stereocenters. The lowest BCUT2D eigenvalue weighted by Gasteiger charge is -2.33. The second-order valence-electron chi connectivity index (χ2n) is 7.24. The first-order valence-corrected chi connectivity index (χ1v) is 9.33. The van der Waals surface area contributed by atoms with E-state index >= 15 is 0 Å². The van der Waals surface area contributed by atoms with Crippen molar-refractivity contribution in [3.05, 3.63) is 29.8 Å². The van der Waals surface area contributed by atoms with Crippen molar-refractivity contribution in [2.24, 2.45) is 0 Å². The summed E-state index contributed by atoms with van der Waals surface area (Å²) >= 11 is 0. The Kier molecular flexibility index (Phi) is 5.73. The van der Waals surface area contributed by atoms with Gasteiger partial charge in [0.25, 0.3) is 11.8 Å². The topological polar surface area (TPSA) is 111 Å². The van der Waals surface area contributed by atoms with Crippen molar-refractivity contribution in [2.75, 3.05) is 39.8 Å². The summed E-state index contributed by atoms with van der Waals surface area (Å²) in [6, 6.07) is 6.08. The molecule has 0 bridgehead atoms. The number of amides is 5. The van der Waals surface area contributed by atoms with Crippen molar-refractivity contribution in [3.63, 3.8) is 0 Å². The molecule has 1 aromatic carbocycles. The van der Waals surface area contributed by atoms with Crippen LogP contribution in [0.15, 0.2) is 24.3 Å². The Balaban J connectivity index is 1.61. The maximum Gasteiger partial charge on any atom is 0.344 e. The van der Waals surface area contributed by atoms with Gasteiger partial charge in [-0.05, 0) is 24.6 Å².